The van der Waals surface area contributed by atoms with E-state index < -0.39 is 0 Å². The van der Waals surface area contributed by atoms with Crippen LogP contribution in [0.1, 0.15) is 11.3 Å². The van der Waals surface area contributed by atoms with Gasteiger partial charge in [-0.05, 0) is 97.4 Å². The maximum Gasteiger partial charge on any atom is 0.145 e. The molecule has 0 amide bonds. The second-order valence-electron chi connectivity index (χ2n) is 13.5. The van der Waals surface area contributed by atoms with Crippen LogP contribution in [0.4, 0.5) is 0 Å². The van der Waals surface area contributed by atoms with Gasteiger partial charge in [-0.25, -0.2) is 0 Å². The van der Waals surface area contributed by atoms with Crippen LogP contribution in [-0.2, 0) is 0 Å². The van der Waals surface area contributed by atoms with Crippen molar-refractivity contribution in [3.63, 3.8) is 0 Å². The molecule has 0 aliphatic rings. The smallest absolute Gasteiger partial charge is 0.145 e. The lowest BCUT2D eigenvalue weighted by atomic mass is 10.1. The van der Waals surface area contributed by atoms with Gasteiger partial charge in [-0.15, -0.1) is 0 Å². The summed E-state index contributed by atoms with van der Waals surface area (Å²) in [4.78, 5) is 0. The molecule has 0 saturated carbocycles. The highest BCUT2D eigenvalue weighted by Gasteiger charge is 2.22. The first-order valence-corrected chi connectivity index (χ1v) is 17.9. The van der Waals surface area contributed by atoms with Gasteiger partial charge in [0.15, 0.2) is 0 Å². The summed E-state index contributed by atoms with van der Waals surface area (Å²) in [5.74, 6) is 0. The number of hydrogen-bond donors (Lipinski definition) is 0. The number of hydrogen-bond acceptors (Lipinski definition) is 1. The molecule has 0 N–H and O–H groups in total. The number of furan rings is 1. The lowest BCUT2D eigenvalue weighted by Gasteiger charge is -2.12. The van der Waals surface area contributed by atoms with Gasteiger partial charge < -0.3 is 18.1 Å². The fraction of sp³-hybridized carbons (Fsp3) is 0.0204. The third kappa shape index (κ3) is 4.30. The standard InChI is InChI=1S/C49H35N3O/c1-5-8-19-40-31(4)35-16-9-12-20-41(35)51(40)33-23-25-34(26-24-33)52-43-22-14-11-18-39(43)47-45(52)30-28-37-36-27-29-44-46(48(36)53-49(37)47)38-17-10-13-21-42(38)50(44)32(7-3)15-6-2/h5-30H,1-3H2,4H3/b19-8-,32-15+. The predicted molar refractivity (Wildman–Crippen MR) is 227 cm³/mol. The number of rotatable bonds is 7. The van der Waals surface area contributed by atoms with E-state index in [0.717, 1.165) is 88.3 Å². The Morgan fingerprint density at radius 3 is 1.72 bits per heavy atom. The van der Waals surface area contributed by atoms with Crippen molar-refractivity contribution in [2.45, 2.75) is 6.92 Å². The summed E-state index contributed by atoms with van der Waals surface area (Å²) in [6, 6.07) is 43.5. The van der Waals surface area contributed by atoms with E-state index in [0.29, 0.717) is 0 Å². The minimum absolute atomic E-state index is 0.888. The lowest BCUT2D eigenvalue weighted by Crippen LogP contribution is -1.99. The molecule has 6 aromatic carbocycles. The summed E-state index contributed by atoms with van der Waals surface area (Å²) in [6.45, 7) is 14.2. The summed E-state index contributed by atoms with van der Waals surface area (Å²) in [7, 11) is 0. The Hall–Kier alpha value is -7.04. The SMILES string of the molecule is C=C/C=C\c1c(C)c2ccccc2n1-c1ccc(-n2c3ccccc3c3c4oc5c(ccc6c5c5ccccc5n6/C(C=C)=C/C=C)c4ccc32)cc1. The Kier molecular flexibility index (Phi) is 6.82. The molecule has 0 unspecified atom stereocenters. The number of nitrogens with zero attached hydrogens (tertiary/aromatic N) is 3. The number of para-hydroxylation sites is 3. The molecule has 0 saturated heterocycles. The van der Waals surface area contributed by atoms with Crippen molar-refractivity contribution in [3.05, 3.63) is 183 Å². The van der Waals surface area contributed by atoms with Gasteiger partial charge in [0.1, 0.15) is 11.2 Å². The van der Waals surface area contributed by atoms with E-state index in [1.165, 1.54) is 16.5 Å². The van der Waals surface area contributed by atoms with E-state index >= 15 is 0 Å². The van der Waals surface area contributed by atoms with Crippen LogP contribution in [0.3, 0.4) is 0 Å². The van der Waals surface area contributed by atoms with Gasteiger partial charge in [0.2, 0.25) is 0 Å². The summed E-state index contributed by atoms with van der Waals surface area (Å²) in [5.41, 5.74) is 12.9. The van der Waals surface area contributed by atoms with Crippen LogP contribution in [0.25, 0.3) is 99.6 Å². The molecule has 10 rings (SSSR count). The highest BCUT2D eigenvalue weighted by Crippen LogP contribution is 2.45. The maximum atomic E-state index is 7.09. The van der Waals surface area contributed by atoms with Crippen molar-refractivity contribution in [1.29, 1.82) is 0 Å². The van der Waals surface area contributed by atoms with Crippen LogP contribution in [-0.4, -0.2) is 13.7 Å². The summed E-state index contributed by atoms with van der Waals surface area (Å²) < 4.78 is 14.0. The first-order valence-electron chi connectivity index (χ1n) is 17.9. The number of aromatic nitrogens is 3. The molecular weight excluding hydrogens is 647 g/mol. The zero-order chi connectivity index (χ0) is 35.8. The van der Waals surface area contributed by atoms with Crippen LogP contribution in [0, 0.1) is 6.92 Å². The molecular formula is C49H35N3O. The first-order chi connectivity index (χ1) is 26.1. The van der Waals surface area contributed by atoms with Crippen molar-refractivity contribution in [2.75, 3.05) is 0 Å². The van der Waals surface area contributed by atoms with E-state index in [9.17, 15) is 0 Å². The average Bonchev–Trinajstić information content (AvgIpc) is 3.92. The molecule has 0 spiro atoms. The van der Waals surface area contributed by atoms with E-state index in [4.69, 9.17) is 4.42 Å². The topological polar surface area (TPSA) is 27.9 Å². The van der Waals surface area contributed by atoms with Crippen LogP contribution in [0.5, 0.6) is 0 Å². The minimum atomic E-state index is 0.888. The van der Waals surface area contributed by atoms with Gasteiger partial charge in [0, 0.05) is 49.7 Å². The van der Waals surface area contributed by atoms with Crippen LogP contribution >= 0.6 is 0 Å². The summed E-state index contributed by atoms with van der Waals surface area (Å²) in [6.07, 6.45) is 11.6. The normalized spacial score (nSPS) is 12.5. The van der Waals surface area contributed by atoms with Crippen molar-refractivity contribution in [1.82, 2.24) is 13.7 Å². The van der Waals surface area contributed by atoms with Crippen molar-refractivity contribution in [2.24, 2.45) is 0 Å². The molecule has 4 heteroatoms. The Bertz CT molecular complexity index is 3220. The Labute approximate surface area is 306 Å². The maximum absolute atomic E-state index is 7.09. The average molecular weight is 682 g/mol. The van der Waals surface area contributed by atoms with E-state index in [1.807, 2.05) is 24.3 Å². The molecule has 0 aliphatic carbocycles. The minimum Gasteiger partial charge on any atom is -0.455 e. The van der Waals surface area contributed by atoms with Crippen molar-refractivity contribution >= 4 is 88.2 Å². The molecule has 10 aromatic rings. The van der Waals surface area contributed by atoms with Gasteiger partial charge in [0.05, 0.1) is 38.4 Å². The Morgan fingerprint density at radius 1 is 0.528 bits per heavy atom. The second kappa shape index (κ2) is 11.8. The lowest BCUT2D eigenvalue weighted by molar-refractivity contribution is 0.677. The third-order valence-electron chi connectivity index (χ3n) is 10.8. The predicted octanol–water partition coefficient (Wildman–Crippen LogP) is 13.5. The van der Waals surface area contributed by atoms with Crippen molar-refractivity contribution < 1.29 is 4.42 Å². The summed E-state index contributed by atoms with van der Waals surface area (Å²) in [5, 5.41) is 7.94. The van der Waals surface area contributed by atoms with Gasteiger partial charge in [-0.3, -0.25) is 0 Å². The van der Waals surface area contributed by atoms with Crippen LogP contribution in [0.2, 0.25) is 0 Å². The molecule has 0 fully saturated rings. The fourth-order valence-corrected chi connectivity index (χ4v) is 8.52. The van der Waals surface area contributed by atoms with E-state index in [2.05, 4.69) is 168 Å². The summed E-state index contributed by atoms with van der Waals surface area (Å²) >= 11 is 0. The Morgan fingerprint density at radius 2 is 1.08 bits per heavy atom. The molecule has 53 heavy (non-hydrogen) atoms. The van der Waals surface area contributed by atoms with Gasteiger partial charge in [-0.1, -0.05) is 92.6 Å². The second-order valence-corrected chi connectivity index (χ2v) is 13.5. The molecule has 0 bridgehead atoms. The fourth-order valence-electron chi connectivity index (χ4n) is 8.52. The number of fused-ring (bicyclic) bond motifs is 12. The largest absolute Gasteiger partial charge is 0.455 e. The monoisotopic (exact) mass is 681 g/mol. The van der Waals surface area contributed by atoms with Gasteiger partial charge in [-0.2, -0.15) is 0 Å². The third-order valence-corrected chi connectivity index (χ3v) is 10.8. The van der Waals surface area contributed by atoms with Crippen LogP contribution in [0.15, 0.2) is 176 Å². The molecule has 4 heterocycles. The van der Waals surface area contributed by atoms with Crippen molar-refractivity contribution in [3.8, 4) is 11.4 Å². The van der Waals surface area contributed by atoms with Crippen LogP contribution < -0.4 is 0 Å². The molecule has 0 radical (unpaired) electrons. The Balaban J connectivity index is 1.21. The van der Waals surface area contributed by atoms with E-state index in [1.54, 1.807) is 6.08 Å². The first kappa shape index (κ1) is 30.8. The number of benzene rings is 6. The van der Waals surface area contributed by atoms with Gasteiger partial charge in [0.25, 0.3) is 0 Å². The van der Waals surface area contributed by atoms with E-state index in [-0.39, 0.29) is 0 Å². The van der Waals surface area contributed by atoms with Gasteiger partial charge >= 0.3 is 0 Å². The highest BCUT2D eigenvalue weighted by atomic mass is 16.3. The number of allylic oxidation sites excluding steroid dienone is 6. The molecule has 4 aromatic heterocycles. The quantitative estimate of drug-likeness (QED) is 0.154. The number of aryl methyl sites for hydroxylation is 1. The molecule has 0 aliphatic heterocycles. The molecule has 0 atom stereocenters. The molecule has 4 nitrogen and oxygen atoms in total. The molecule has 252 valence electrons. The zero-order valence-electron chi connectivity index (χ0n) is 29.4. The highest BCUT2D eigenvalue weighted by molar-refractivity contribution is 6.29. The zero-order valence-corrected chi connectivity index (χ0v) is 29.4.